The molecule has 14 heteroatoms. The van der Waals surface area contributed by atoms with Crippen molar-refractivity contribution in [1.82, 2.24) is 23.8 Å². The zero-order valence-corrected chi connectivity index (χ0v) is 27.7. The lowest BCUT2D eigenvalue weighted by Crippen LogP contribution is -2.47. The van der Waals surface area contributed by atoms with Gasteiger partial charge in [-0.25, -0.2) is 27.1 Å². The van der Waals surface area contributed by atoms with Crippen molar-refractivity contribution in [2.45, 2.75) is 45.4 Å². The average molecular weight is 665 g/mol. The number of nitrogens with one attached hydrogen (secondary N) is 2. The maximum atomic E-state index is 13.2. The van der Waals surface area contributed by atoms with E-state index in [-0.39, 0.29) is 18.0 Å². The molecule has 0 spiro atoms. The van der Waals surface area contributed by atoms with Crippen LogP contribution in [-0.4, -0.2) is 96.0 Å². The van der Waals surface area contributed by atoms with E-state index in [0.29, 0.717) is 49.9 Å². The third-order valence-electron chi connectivity index (χ3n) is 8.55. The number of hydrogen-bond donors (Lipinski definition) is 2. The molecule has 3 fully saturated rings. The van der Waals surface area contributed by atoms with Crippen LogP contribution in [0.15, 0.2) is 60.8 Å². The largest absolute Gasteiger partial charge is 0.371 e. The van der Waals surface area contributed by atoms with Crippen molar-refractivity contribution >= 4 is 38.8 Å². The Morgan fingerprint density at radius 1 is 0.936 bits per heavy atom. The van der Waals surface area contributed by atoms with Gasteiger partial charge in [-0.15, -0.1) is 5.10 Å². The molecule has 3 saturated heterocycles. The third-order valence-corrected chi connectivity index (χ3v) is 9.86. The minimum absolute atomic E-state index is 0.189. The van der Waals surface area contributed by atoms with E-state index in [4.69, 9.17) is 14.8 Å². The monoisotopic (exact) mass is 664 g/mol. The first-order valence-electron chi connectivity index (χ1n) is 16.1. The number of nitrogens with zero attached hydrogens (tertiary/aromatic N) is 6. The number of carbonyl (C=O) groups is 1. The maximum Gasteiger partial charge on any atom is 0.323 e. The molecule has 3 aliphatic heterocycles. The summed E-state index contributed by atoms with van der Waals surface area (Å²) in [6.45, 7) is 8.51. The van der Waals surface area contributed by atoms with Crippen LogP contribution < -0.4 is 15.5 Å². The molecule has 7 rings (SSSR count). The van der Waals surface area contributed by atoms with Crippen LogP contribution in [0.3, 0.4) is 0 Å². The molecule has 2 unspecified atom stereocenters. The quantitative estimate of drug-likeness (QED) is 0.293. The number of rotatable bonds is 7. The van der Waals surface area contributed by atoms with E-state index in [1.165, 1.54) is 34.8 Å². The van der Waals surface area contributed by atoms with Crippen LogP contribution in [0, 0.1) is 5.82 Å². The average Bonchev–Trinajstić information content (AvgIpc) is 3.63. The summed E-state index contributed by atoms with van der Waals surface area (Å²) in [6.07, 6.45) is 5.76. The first-order valence-corrected chi connectivity index (χ1v) is 17.9. The fourth-order valence-electron chi connectivity index (χ4n) is 6.27. The zero-order valence-electron chi connectivity index (χ0n) is 26.9. The highest BCUT2D eigenvalue weighted by Crippen LogP contribution is 2.33. The van der Waals surface area contributed by atoms with E-state index >= 15 is 0 Å². The minimum Gasteiger partial charge on any atom is -0.371 e. The van der Waals surface area contributed by atoms with Crippen molar-refractivity contribution in [1.29, 1.82) is 0 Å². The number of benzene rings is 2. The summed E-state index contributed by atoms with van der Waals surface area (Å²) >= 11 is 0. The van der Waals surface area contributed by atoms with Gasteiger partial charge < -0.3 is 20.3 Å². The highest BCUT2D eigenvalue weighted by Gasteiger charge is 2.35. The normalized spacial score (nSPS) is 20.1. The van der Waals surface area contributed by atoms with Crippen LogP contribution in [0.25, 0.3) is 16.9 Å². The van der Waals surface area contributed by atoms with Crippen molar-refractivity contribution in [3.63, 3.8) is 0 Å². The summed E-state index contributed by atoms with van der Waals surface area (Å²) in [5, 5.41) is 10.4. The molecule has 4 aromatic rings. The van der Waals surface area contributed by atoms with Crippen LogP contribution in [0.5, 0.6) is 0 Å². The Morgan fingerprint density at radius 3 is 2.13 bits per heavy atom. The highest BCUT2D eigenvalue weighted by atomic mass is 32.2. The summed E-state index contributed by atoms with van der Waals surface area (Å²) in [4.78, 5) is 22.1. The smallest absolute Gasteiger partial charge is 0.323 e. The molecular weight excluding hydrogens is 623 g/mol. The van der Waals surface area contributed by atoms with Gasteiger partial charge in [0.1, 0.15) is 11.3 Å². The zero-order chi connectivity index (χ0) is 33.1. The van der Waals surface area contributed by atoms with E-state index < -0.39 is 16.1 Å². The van der Waals surface area contributed by atoms with E-state index in [0.717, 1.165) is 48.4 Å². The molecule has 2 atom stereocenters. The summed E-state index contributed by atoms with van der Waals surface area (Å²) < 4.78 is 46.6. The van der Waals surface area contributed by atoms with Gasteiger partial charge in [-0.2, -0.15) is 4.31 Å². The SMILES string of the molecule is CC.CS(=O)(=O)N1CCN(Cc2cc3c(N4CC5CCC(C4)O5)nc(-c4ccc(NC(=O)Nc5ccc(F)cc5)cc4)nn3c2)CC1. The van der Waals surface area contributed by atoms with Crippen LogP contribution in [0.4, 0.5) is 26.4 Å². The molecule has 250 valence electrons. The molecule has 0 saturated carbocycles. The summed E-state index contributed by atoms with van der Waals surface area (Å²) in [6, 6.07) is 14.6. The minimum atomic E-state index is -3.19. The second-order valence-corrected chi connectivity index (χ2v) is 13.9. The molecule has 2 N–H and O–H groups in total. The van der Waals surface area contributed by atoms with Crippen molar-refractivity contribution in [3.05, 3.63) is 72.2 Å². The number of morpholine rings is 1. The fraction of sp³-hybridized carbons (Fsp3) is 0.424. The number of fused-ring (bicyclic) bond motifs is 3. The predicted molar refractivity (Wildman–Crippen MR) is 181 cm³/mol. The van der Waals surface area contributed by atoms with Gasteiger partial charge in [0, 0.05) is 68.9 Å². The lowest BCUT2D eigenvalue weighted by molar-refractivity contribution is 0.0303. The number of piperazine rings is 1. The predicted octanol–water partition coefficient (Wildman–Crippen LogP) is 4.65. The molecular formula is C33H41FN8O4S. The van der Waals surface area contributed by atoms with Crippen LogP contribution in [-0.2, 0) is 21.3 Å². The number of anilines is 3. The Kier molecular flexibility index (Phi) is 9.73. The van der Waals surface area contributed by atoms with E-state index in [9.17, 15) is 17.6 Å². The standard InChI is InChI=1S/C31H35FN8O4S.C2H6/c1-45(42,43)39-14-12-37(13-15-39)17-21-16-28-30(38-19-26-10-11-27(20-38)44-26)35-29(36-40(28)18-21)22-2-6-24(7-3-22)33-31(41)34-25-8-4-23(32)5-9-25;1-2/h2-9,16,18,26-27H,10-15,17,19-20H2,1H3,(H2,33,34,41);1-2H3. The van der Waals surface area contributed by atoms with Crippen LogP contribution in [0.2, 0.25) is 0 Å². The Balaban J connectivity index is 0.00000190. The Hall–Kier alpha value is -4.11. The number of ether oxygens (including phenoxy) is 1. The lowest BCUT2D eigenvalue weighted by atomic mass is 10.2. The molecule has 0 aliphatic carbocycles. The van der Waals surface area contributed by atoms with Gasteiger partial charge in [-0.3, -0.25) is 4.90 Å². The van der Waals surface area contributed by atoms with Gasteiger partial charge in [-0.05, 0) is 73.0 Å². The second kappa shape index (κ2) is 13.9. The number of urea groups is 1. The Bertz CT molecular complexity index is 1800. The number of carbonyl (C=O) groups excluding carboxylic acids is 1. The molecule has 12 nitrogen and oxygen atoms in total. The molecule has 5 heterocycles. The fourth-order valence-corrected chi connectivity index (χ4v) is 7.10. The number of aromatic nitrogens is 3. The van der Waals surface area contributed by atoms with E-state index in [2.05, 4.69) is 26.5 Å². The highest BCUT2D eigenvalue weighted by molar-refractivity contribution is 7.88. The number of halogens is 1. The number of hydrogen-bond acceptors (Lipinski definition) is 8. The van der Waals surface area contributed by atoms with Crippen molar-refractivity contribution in [2.24, 2.45) is 0 Å². The van der Waals surface area contributed by atoms with Gasteiger partial charge in [0.25, 0.3) is 0 Å². The van der Waals surface area contributed by atoms with Crippen molar-refractivity contribution < 1.29 is 22.3 Å². The van der Waals surface area contributed by atoms with E-state index in [1.807, 2.05) is 36.7 Å². The lowest BCUT2D eigenvalue weighted by Gasteiger charge is -2.33. The Morgan fingerprint density at radius 2 is 1.53 bits per heavy atom. The second-order valence-electron chi connectivity index (χ2n) is 11.9. The molecule has 0 radical (unpaired) electrons. The van der Waals surface area contributed by atoms with E-state index in [1.54, 1.807) is 12.1 Å². The Labute approximate surface area is 274 Å². The summed E-state index contributed by atoms with van der Waals surface area (Å²) in [5.41, 5.74) is 3.87. The van der Waals surface area contributed by atoms with Gasteiger partial charge in [0.05, 0.1) is 18.5 Å². The maximum absolute atomic E-state index is 13.2. The summed E-state index contributed by atoms with van der Waals surface area (Å²) in [5.74, 6) is 1.04. The molecule has 47 heavy (non-hydrogen) atoms. The van der Waals surface area contributed by atoms with Gasteiger partial charge in [0.2, 0.25) is 10.0 Å². The van der Waals surface area contributed by atoms with Crippen LogP contribution in [0.1, 0.15) is 32.3 Å². The molecule has 2 amide bonds. The number of amides is 2. The molecule has 2 aromatic heterocycles. The molecule has 3 aliphatic rings. The van der Waals surface area contributed by atoms with Gasteiger partial charge in [0.15, 0.2) is 11.6 Å². The summed E-state index contributed by atoms with van der Waals surface area (Å²) in [7, 11) is -3.19. The molecule has 2 aromatic carbocycles. The molecule has 2 bridgehead atoms. The van der Waals surface area contributed by atoms with Gasteiger partial charge >= 0.3 is 6.03 Å². The van der Waals surface area contributed by atoms with Crippen molar-refractivity contribution in [3.8, 4) is 11.4 Å². The van der Waals surface area contributed by atoms with Crippen molar-refractivity contribution in [2.75, 3.05) is 61.1 Å². The van der Waals surface area contributed by atoms with Gasteiger partial charge in [-0.1, -0.05) is 13.8 Å². The first kappa shape index (κ1) is 32.8. The van der Waals surface area contributed by atoms with Crippen LogP contribution >= 0.6 is 0 Å². The first-order chi connectivity index (χ1) is 22.7. The topological polar surface area (TPSA) is 124 Å². The third kappa shape index (κ3) is 7.73. The number of sulfonamides is 1.